The fourth-order valence-corrected chi connectivity index (χ4v) is 5.98. The molecule has 0 spiro atoms. The lowest BCUT2D eigenvalue weighted by atomic mass is 10.1. The number of aromatic nitrogens is 2. The van der Waals surface area contributed by atoms with Crippen molar-refractivity contribution in [1.29, 1.82) is 0 Å². The van der Waals surface area contributed by atoms with Crippen LogP contribution in [0.25, 0.3) is 10.9 Å². The van der Waals surface area contributed by atoms with Crippen molar-refractivity contribution in [3.63, 3.8) is 0 Å². The Morgan fingerprint density at radius 1 is 0.961 bits per heavy atom. The maximum Gasteiger partial charge on any atom is 0.407 e. The highest BCUT2D eigenvalue weighted by molar-refractivity contribution is 6.03. The minimum absolute atomic E-state index is 0.182. The third-order valence-corrected chi connectivity index (χ3v) is 8.62. The number of piperazine rings is 1. The standard InChI is InChI=1S/C36H42FN7O7/c1-6-28(40-36(48)51-7-2)34(46)41-18-20-42(21-19-41)44-32(39-29-11-9-8-10-27(29)33(44)45)23(3)43(30-17-16-26(49-4)22-31(30)50-5)35(47)38-25-14-12-24(37)13-15-25/h8-17,22-23,28H,6-7,18-21H2,1-5H3,(H,38,47)(H,40,48). The van der Waals surface area contributed by atoms with Crippen LogP contribution < -0.4 is 35.6 Å². The number of amides is 4. The number of rotatable bonds is 11. The first kappa shape index (κ1) is 36.4. The molecule has 1 saturated heterocycles. The molecule has 3 aromatic carbocycles. The number of benzene rings is 3. The van der Waals surface area contributed by atoms with E-state index in [9.17, 15) is 23.6 Å². The molecule has 2 heterocycles. The van der Waals surface area contributed by atoms with Crippen molar-refractivity contribution < 1.29 is 33.0 Å². The van der Waals surface area contributed by atoms with E-state index < -0.39 is 30.0 Å². The first-order valence-corrected chi connectivity index (χ1v) is 16.7. The van der Waals surface area contributed by atoms with Crippen LogP contribution in [-0.4, -0.2) is 85.6 Å². The van der Waals surface area contributed by atoms with E-state index in [1.54, 1.807) is 73.1 Å². The van der Waals surface area contributed by atoms with Gasteiger partial charge in [0.05, 0.1) is 56.5 Å². The van der Waals surface area contributed by atoms with Crippen LogP contribution in [0.5, 0.6) is 11.5 Å². The number of nitrogens with zero attached hydrogens (tertiary/aromatic N) is 5. The Morgan fingerprint density at radius 3 is 2.31 bits per heavy atom. The maximum atomic E-state index is 14.3. The molecule has 0 radical (unpaired) electrons. The van der Waals surface area contributed by atoms with E-state index in [2.05, 4.69) is 10.6 Å². The molecule has 270 valence electrons. The molecule has 2 unspecified atom stereocenters. The first-order chi connectivity index (χ1) is 24.6. The number of carbonyl (C=O) groups excluding carboxylic acids is 3. The molecule has 0 aliphatic carbocycles. The zero-order chi connectivity index (χ0) is 36.7. The van der Waals surface area contributed by atoms with Gasteiger partial charge in [-0.25, -0.2) is 23.6 Å². The molecule has 1 aliphatic rings. The molecule has 1 aromatic heterocycles. The molecule has 2 N–H and O–H groups in total. The van der Waals surface area contributed by atoms with Crippen LogP contribution in [0, 0.1) is 5.82 Å². The summed E-state index contributed by atoms with van der Waals surface area (Å²) in [4.78, 5) is 62.0. The van der Waals surface area contributed by atoms with Gasteiger partial charge in [-0.1, -0.05) is 19.1 Å². The zero-order valence-corrected chi connectivity index (χ0v) is 29.2. The van der Waals surface area contributed by atoms with E-state index in [-0.39, 0.29) is 50.1 Å². The van der Waals surface area contributed by atoms with Gasteiger partial charge in [-0.05, 0) is 68.8 Å². The summed E-state index contributed by atoms with van der Waals surface area (Å²) in [5.41, 5.74) is 0.789. The molecule has 2 atom stereocenters. The van der Waals surface area contributed by atoms with Crippen LogP contribution >= 0.6 is 0 Å². The van der Waals surface area contributed by atoms with Crippen molar-refractivity contribution in [3.05, 3.63) is 88.7 Å². The van der Waals surface area contributed by atoms with E-state index in [0.29, 0.717) is 40.2 Å². The van der Waals surface area contributed by atoms with E-state index in [4.69, 9.17) is 19.2 Å². The van der Waals surface area contributed by atoms with Crippen LogP contribution in [0.2, 0.25) is 0 Å². The van der Waals surface area contributed by atoms with Gasteiger partial charge in [0.2, 0.25) is 5.91 Å². The summed E-state index contributed by atoms with van der Waals surface area (Å²) in [5, 5.41) is 7.63. The number of halogens is 1. The van der Waals surface area contributed by atoms with Crippen molar-refractivity contribution in [2.75, 3.05) is 62.2 Å². The summed E-state index contributed by atoms with van der Waals surface area (Å²) in [7, 11) is 2.98. The third-order valence-electron chi connectivity index (χ3n) is 8.62. The highest BCUT2D eigenvalue weighted by Crippen LogP contribution is 2.37. The molecule has 5 rings (SSSR count). The minimum Gasteiger partial charge on any atom is -0.497 e. The number of methoxy groups -OCH3 is 2. The van der Waals surface area contributed by atoms with E-state index in [1.165, 1.54) is 48.1 Å². The van der Waals surface area contributed by atoms with Gasteiger partial charge in [-0.15, -0.1) is 0 Å². The summed E-state index contributed by atoms with van der Waals surface area (Å²) in [6, 6.07) is 15.0. The second-order valence-corrected chi connectivity index (χ2v) is 11.7. The van der Waals surface area contributed by atoms with Crippen molar-refractivity contribution in [2.45, 2.75) is 39.3 Å². The number of fused-ring (bicyclic) bond motifs is 1. The van der Waals surface area contributed by atoms with Crippen LogP contribution in [-0.2, 0) is 9.53 Å². The molecule has 14 nitrogen and oxygen atoms in total. The number of urea groups is 1. The Morgan fingerprint density at radius 2 is 1.67 bits per heavy atom. The third kappa shape index (κ3) is 7.97. The second kappa shape index (κ2) is 16.2. The van der Waals surface area contributed by atoms with Crippen LogP contribution in [0.4, 0.5) is 25.4 Å². The number of ether oxygens (including phenoxy) is 3. The lowest BCUT2D eigenvalue weighted by Gasteiger charge is -2.40. The van der Waals surface area contributed by atoms with Gasteiger partial charge < -0.3 is 34.8 Å². The molecule has 4 amide bonds. The Hall–Kier alpha value is -5.86. The van der Waals surface area contributed by atoms with Gasteiger partial charge in [0.25, 0.3) is 5.56 Å². The summed E-state index contributed by atoms with van der Waals surface area (Å²) in [5.74, 6) is 0.359. The van der Waals surface area contributed by atoms with Crippen molar-refractivity contribution >= 4 is 40.3 Å². The van der Waals surface area contributed by atoms with Crippen LogP contribution in [0.15, 0.2) is 71.5 Å². The Kier molecular flexibility index (Phi) is 11.6. The van der Waals surface area contributed by atoms with E-state index in [1.807, 2.05) is 0 Å². The Balaban J connectivity index is 1.54. The van der Waals surface area contributed by atoms with Gasteiger partial charge >= 0.3 is 12.1 Å². The molecule has 0 bridgehead atoms. The molecular weight excluding hydrogens is 661 g/mol. The molecule has 0 saturated carbocycles. The number of hydrogen-bond donors (Lipinski definition) is 2. The average molecular weight is 704 g/mol. The van der Waals surface area contributed by atoms with Crippen LogP contribution in [0.1, 0.15) is 39.1 Å². The fourth-order valence-electron chi connectivity index (χ4n) is 5.98. The van der Waals surface area contributed by atoms with E-state index in [0.717, 1.165) is 0 Å². The highest BCUT2D eigenvalue weighted by Gasteiger charge is 2.34. The topological polar surface area (TPSA) is 148 Å². The summed E-state index contributed by atoms with van der Waals surface area (Å²) in [6.45, 7) is 6.44. The van der Waals surface area contributed by atoms with Crippen LogP contribution in [0.3, 0.4) is 0 Å². The Bertz CT molecular complexity index is 1930. The van der Waals surface area contributed by atoms with Crippen molar-refractivity contribution in [1.82, 2.24) is 19.9 Å². The molecule has 1 aliphatic heterocycles. The number of anilines is 2. The SMILES string of the molecule is CCOC(=O)NC(CC)C(=O)N1CCN(n2c(C(C)N(C(=O)Nc3ccc(F)cc3)c3ccc(OC)cc3OC)nc3ccccc3c2=O)CC1. The predicted octanol–water partition coefficient (Wildman–Crippen LogP) is 4.66. The largest absolute Gasteiger partial charge is 0.497 e. The highest BCUT2D eigenvalue weighted by atomic mass is 19.1. The molecule has 15 heteroatoms. The van der Waals surface area contributed by atoms with Crippen molar-refractivity contribution in [2.24, 2.45) is 0 Å². The number of carbonyl (C=O) groups is 3. The lowest BCUT2D eigenvalue weighted by molar-refractivity contribution is -0.133. The summed E-state index contributed by atoms with van der Waals surface area (Å²) >= 11 is 0. The predicted molar refractivity (Wildman–Crippen MR) is 191 cm³/mol. The Labute approximate surface area is 294 Å². The fraction of sp³-hybridized carbons (Fsp3) is 0.361. The second-order valence-electron chi connectivity index (χ2n) is 11.7. The monoisotopic (exact) mass is 703 g/mol. The van der Waals surface area contributed by atoms with Gasteiger partial charge in [-0.2, -0.15) is 0 Å². The number of nitrogens with one attached hydrogen (secondary N) is 2. The summed E-state index contributed by atoms with van der Waals surface area (Å²) < 4.78 is 31.2. The normalized spacial score (nSPS) is 14.0. The quantitative estimate of drug-likeness (QED) is 0.228. The smallest absolute Gasteiger partial charge is 0.407 e. The molecule has 4 aromatic rings. The number of hydrogen-bond acceptors (Lipinski definition) is 9. The lowest BCUT2D eigenvalue weighted by Crippen LogP contribution is -2.59. The first-order valence-electron chi connectivity index (χ1n) is 16.7. The molecular formula is C36H42FN7O7. The zero-order valence-electron chi connectivity index (χ0n) is 29.2. The molecule has 51 heavy (non-hydrogen) atoms. The van der Waals surface area contributed by atoms with Crippen molar-refractivity contribution in [3.8, 4) is 11.5 Å². The average Bonchev–Trinajstić information content (AvgIpc) is 3.14. The van der Waals surface area contributed by atoms with Gasteiger partial charge in [0.15, 0.2) is 5.82 Å². The van der Waals surface area contributed by atoms with Gasteiger partial charge in [-0.3, -0.25) is 14.5 Å². The van der Waals surface area contributed by atoms with Gasteiger partial charge in [0, 0.05) is 24.8 Å². The van der Waals surface area contributed by atoms with E-state index >= 15 is 0 Å². The maximum absolute atomic E-state index is 14.3. The number of alkyl carbamates (subject to hydrolysis) is 1. The summed E-state index contributed by atoms with van der Waals surface area (Å²) in [6.07, 6.45) is -0.289. The van der Waals surface area contributed by atoms with Gasteiger partial charge in [0.1, 0.15) is 23.4 Å². The molecule has 1 fully saturated rings. The minimum atomic E-state index is -0.886. The number of para-hydroxylation sites is 1.